The molecular weight excluding hydrogens is 507 g/mol. The highest BCUT2D eigenvalue weighted by Gasteiger charge is 2.35. The number of halogens is 2. The van der Waals surface area contributed by atoms with E-state index in [9.17, 15) is 18.8 Å². The van der Waals surface area contributed by atoms with E-state index in [1.54, 1.807) is 0 Å². The summed E-state index contributed by atoms with van der Waals surface area (Å²) in [5, 5.41) is 19.6. The third kappa shape index (κ3) is 7.18. The van der Waals surface area contributed by atoms with Crippen molar-refractivity contribution in [1.82, 2.24) is 25.1 Å². The average Bonchev–Trinajstić information content (AvgIpc) is 3.22. The van der Waals surface area contributed by atoms with E-state index in [0.29, 0.717) is 35.6 Å². The molecule has 0 saturated carbocycles. The van der Waals surface area contributed by atoms with Crippen LogP contribution in [0.2, 0.25) is 5.02 Å². The van der Waals surface area contributed by atoms with Gasteiger partial charge in [0.2, 0.25) is 5.91 Å². The molecular formula is C24H34ClFN6O5. The number of rotatable bonds is 4. The van der Waals surface area contributed by atoms with Gasteiger partial charge in [-0.3, -0.25) is 19.1 Å². The molecule has 1 atom stereocenters. The molecule has 0 aliphatic carbocycles. The van der Waals surface area contributed by atoms with Gasteiger partial charge in [-0.05, 0) is 18.2 Å². The average molecular weight is 541 g/mol. The molecule has 11 nitrogen and oxygen atoms in total. The molecule has 1 unspecified atom stereocenters. The predicted molar refractivity (Wildman–Crippen MR) is 137 cm³/mol. The van der Waals surface area contributed by atoms with Crippen molar-refractivity contribution >= 4 is 35.1 Å². The lowest BCUT2D eigenvalue weighted by molar-refractivity contribution is -0.149. The molecule has 0 fully saturated rings. The number of hydrogen-bond acceptors (Lipinski definition) is 6. The molecule has 0 spiro atoms. The Morgan fingerprint density at radius 3 is 2.62 bits per heavy atom. The number of nitrogens with zero attached hydrogens (tertiary/aromatic N) is 4. The molecule has 2 aromatic rings. The van der Waals surface area contributed by atoms with E-state index >= 15 is 0 Å². The van der Waals surface area contributed by atoms with Gasteiger partial charge >= 0.3 is 6.03 Å². The first kappa shape index (κ1) is 30.0. The number of urea groups is 1. The lowest BCUT2D eigenvalue weighted by Crippen LogP contribution is -2.40. The normalized spacial score (nSPS) is 16.2. The van der Waals surface area contributed by atoms with Crippen LogP contribution in [0.1, 0.15) is 49.4 Å². The molecule has 1 aromatic heterocycles. The predicted octanol–water partition coefficient (Wildman–Crippen LogP) is 2.81. The summed E-state index contributed by atoms with van der Waals surface area (Å²) < 4.78 is 14.9. The number of fused-ring (bicyclic) bond motifs is 3. The monoisotopic (exact) mass is 540 g/mol. The van der Waals surface area contributed by atoms with Gasteiger partial charge < -0.3 is 20.6 Å². The van der Waals surface area contributed by atoms with E-state index in [1.165, 1.54) is 28.8 Å². The van der Waals surface area contributed by atoms with Crippen molar-refractivity contribution in [2.45, 2.75) is 53.3 Å². The number of aliphatic hydroxyl groups is 1. The summed E-state index contributed by atoms with van der Waals surface area (Å²) in [4.78, 5) is 44.3. The van der Waals surface area contributed by atoms with Gasteiger partial charge in [-0.15, -0.1) is 0 Å². The Morgan fingerprint density at radius 2 is 1.97 bits per heavy atom. The van der Waals surface area contributed by atoms with Crippen LogP contribution in [0, 0.1) is 5.82 Å². The Labute approximate surface area is 220 Å². The maximum Gasteiger partial charge on any atom is 0.322 e. The maximum absolute atomic E-state index is 13.4. The fourth-order valence-corrected chi connectivity index (χ4v) is 3.96. The third-order valence-electron chi connectivity index (χ3n) is 5.40. The van der Waals surface area contributed by atoms with E-state index < -0.39 is 36.4 Å². The van der Waals surface area contributed by atoms with Crippen molar-refractivity contribution in [3.8, 4) is 0 Å². The van der Waals surface area contributed by atoms with Crippen LogP contribution < -0.4 is 10.6 Å². The second-order valence-corrected chi connectivity index (χ2v) is 8.09. The van der Waals surface area contributed by atoms with Gasteiger partial charge in [0, 0.05) is 37.8 Å². The summed E-state index contributed by atoms with van der Waals surface area (Å²) in [6.07, 6.45) is -0.142. The number of hydrogen-bond donors (Lipinski definition) is 3. The summed E-state index contributed by atoms with van der Waals surface area (Å²) in [6, 6.07) is 3.48. The Hall–Kier alpha value is -3.22. The van der Waals surface area contributed by atoms with E-state index in [4.69, 9.17) is 21.5 Å². The van der Waals surface area contributed by atoms with Crippen LogP contribution in [0.4, 0.5) is 14.9 Å². The summed E-state index contributed by atoms with van der Waals surface area (Å²) >= 11 is 5.78. The van der Waals surface area contributed by atoms with Crippen LogP contribution in [-0.2, 0) is 29.1 Å². The summed E-state index contributed by atoms with van der Waals surface area (Å²) in [6.45, 7) is 8.16. The molecule has 2 aliphatic heterocycles. The minimum Gasteiger partial charge on any atom is -0.387 e. The smallest absolute Gasteiger partial charge is 0.322 e. The van der Waals surface area contributed by atoms with Crippen molar-refractivity contribution in [2.75, 3.05) is 32.1 Å². The maximum atomic E-state index is 13.4. The summed E-state index contributed by atoms with van der Waals surface area (Å²) in [7, 11) is 1.46. The Morgan fingerprint density at radius 1 is 1.27 bits per heavy atom. The van der Waals surface area contributed by atoms with Gasteiger partial charge in [-0.2, -0.15) is 5.10 Å². The lowest BCUT2D eigenvalue weighted by Gasteiger charge is -2.27. The lowest BCUT2D eigenvalue weighted by atomic mass is 10.1. The van der Waals surface area contributed by atoms with Crippen LogP contribution in [0.25, 0.3) is 0 Å². The topological polar surface area (TPSA) is 129 Å². The molecule has 2 aliphatic rings. The molecule has 0 radical (unpaired) electrons. The molecule has 3 N–H and O–H groups in total. The van der Waals surface area contributed by atoms with E-state index in [1.807, 2.05) is 27.7 Å². The van der Waals surface area contributed by atoms with E-state index in [2.05, 4.69) is 15.7 Å². The van der Waals surface area contributed by atoms with Crippen molar-refractivity contribution in [1.29, 1.82) is 0 Å². The fourth-order valence-electron chi connectivity index (χ4n) is 3.78. The Bertz CT molecular complexity index is 1110. The van der Waals surface area contributed by atoms with Crippen LogP contribution in [-0.4, -0.2) is 75.5 Å². The number of anilines is 1. The molecule has 0 bridgehead atoms. The van der Waals surface area contributed by atoms with Crippen LogP contribution >= 0.6 is 11.6 Å². The first-order chi connectivity index (χ1) is 17.8. The van der Waals surface area contributed by atoms with Crippen molar-refractivity contribution < 1.29 is 28.7 Å². The number of benzene rings is 1. The van der Waals surface area contributed by atoms with Crippen molar-refractivity contribution in [3.05, 3.63) is 46.0 Å². The minimum atomic E-state index is -0.648. The molecule has 4 rings (SSSR count). The quantitative estimate of drug-likeness (QED) is 0.547. The molecule has 204 valence electrons. The zero-order valence-corrected chi connectivity index (χ0v) is 22.4. The number of amides is 4. The number of aromatic nitrogens is 2. The van der Waals surface area contributed by atoms with Crippen molar-refractivity contribution in [2.24, 2.45) is 0 Å². The second kappa shape index (κ2) is 13.9. The largest absolute Gasteiger partial charge is 0.387 e. The number of carbonyl (C=O) groups excluding carboxylic acids is 3. The molecule has 37 heavy (non-hydrogen) atoms. The van der Waals surface area contributed by atoms with Gasteiger partial charge in [0.05, 0.1) is 23.8 Å². The molecule has 4 amide bonds. The molecule has 1 aromatic carbocycles. The first-order valence-electron chi connectivity index (χ1n) is 12.2. The zero-order chi connectivity index (χ0) is 27.7. The van der Waals surface area contributed by atoms with Gasteiger partial charge in [0.15, 0.2) is 0 Å². The molecule has 3 heterocycles. The number of nitrogens with one attached hydrogen (secondary N) is 2. The highest BCUT2D eigenvalue weighted by Crippen LogP contribution is 2.27. The number of aliphatic hydroxyl groups excluding tert-OH is 1. The van der Waals surface area contributed by atoms with Gasteiger partial charge in [-0.25, -0.2) is 14.2 Å². The third-order valence-corrected chi connectivity index (χ3v) is 5.69. The second-order valence-electron chi connectivity index (χ2n) is 7.68. The Balaban J connectivity index is 0.00000115. The van der Waals surface area contributed by atoms with E-state index in [0.717, 1.165) is 11.1 Å². The van der Waals surface area contributed by atoms with Gasteiger partial charge in [0.25, 0.3) is 5.91 Å². The van der Waals surface area contributed by atoms with Gasteiger partial charge in [-0.1, -0.05) is 39.3 Å². The van der Waals surface area contributed by atoms with Gasteiger partial charge in [0.1, 0.15) is 24.2 Å². The van der Waals surface area contributed by atoms with Crippen molar-refractivity contribution in [3.63, 3.8) is 0 Å². The SMILES string of the molecule is CC.CC.CN1OC(CNC(=O)CO)Cn2nc3c(c2C1=O)CN(C(=O)Nc1ccc(F)c(Cl)c1)CC3. The fraction of sp³-hybridized carbons (Fsp3) is 0.500. The number of hydroxylamine groups is 2. The summed E-state index contributed by atoms with van der Waals surface area (Å²) in [5.41, 5.74) is 1.99. The zero-order valence-electron chi connectivity index (χ0n) is 21.7. The standard InChI is InChI=1S/C20H22ClFN6O5.2C2H6/c1-26-19(31)18-13-9-27(20(32)24-11-2-3-15(22)14(21)6-11)5-4-16(13)25-28(18)8-12(33-26)7-23-17(30)10-29;2*1-2/h2-3,6,12,29H,4-5,7-10H2,1H3,(H,23,30)(H,24,32);2*1-2H3. The highest BCUT2D eigenvalue weighted by molar-refractivity contribution is 6.31. The first-order valence-corrected chi connectivity index (χ1v) is 12.6. The van der Waals surface area contributed by atoms with Crippen LogP contribution in [0.3, 0.4) is 0 Å². The van der Waals surface area contributed by atoms with Crippen LogP contribution in [0.5, 0.6) is 0 Å². The molecule has 0 saturated heterocycles. The minimum absolute atomic E-state index is 0.0791. The highest BCUT2D eigenvalue weighted by atomic mass is 35.5. The van der Waals surface area contributed by atoms with Crippen LogP contribution in [0.15, 0.2) is 18.2 Å². The molecule has 13 heteroatoms. The Kier molecular flexibility index (Phi) is 11.3. The number of carbonyl (C=O) groups is 3. The van der Waals surface area contributed by atoms with E-state index in [-0.39, 0.29) is 24.7 Å². The summed E-state index contributed by atoms with van der Waals surface area (Å²) in [5.74, 6) is -1.56.